The first-order valence-corrected chi connectivity index (χ1v) is 9.09. The van der Waals surface area contributed by atoms with Crippen LogP contribution in [0, 0.1) is 5.41 Å². The van der Waals surface area contributed by atoms with E-state index < -0.39 is 0 Å². The van der Waals surface area contributed by atoms with E-state index in [1.165, 1.54) is 0 Å². The fraction of sp³-hybridized carbons (Fsp3) is 0.176. The van der Waals surface area contributed by atoms with E-state index in [-0.39, 0.29) is 16.1 Å². The molecular formula is C17H14Cl3N7. The van der Waals surface area contributed by atoms with Crippen LogP contribution < -0.4 is 5.62 Å². The topological polar surface area (TPSA) is 77.3 Å². The number of nitrogens with one attached hydrogen (secondary N) is 1. The van der Waals surface area contributed by atoms with E-state index in [1.807, 2.05) is 35.9 Å². The number of hydrogen-bond donors (Lipinski definition) is 1. The van der Waals surface area contributed by atoms with Gasteiger partial charge in [-0.3, -0.25) is 9.98 Å². The number of halogens is 3. The highest BCUT2D eigenvalue weighted by molar-refractivity contribution is 6.35. The Morgan fingerprint density at radius 3 is 2.33 bits per heavy atom. The maximum Gasteiger partial charge on any atom is 0.225 e. The van der Waals surface area contributed by atoms with Gasteiger partial charge in [-0.25, -0.2) is 9.97 Å². The van der Waals surface area contributed by atoms with E-state index in [9.17, 15) is 0 Å². The molecule has 10 heteroatoms. The van der Waals surface area contributed by atoms with Crippen molar-refractivity contribution in [2.75, 3.05) is 0 Å². The Labute approximate surface area is 169 Å². The second kappa shape index (κ2) is 6.67. The summed E-state index contributed by atoms with van der Waals surface area (Å²) in [5.41, 5.74) is 3.30. The molecular weight excluding hydrogens is 409 g/mol. The number of aromatic nitrogens is 6. The smallest absolute Gasteiger partial charge is 0.225 e. The average Bonchev–Trinajstić information content (AvgIpc) is 3.07. The Kier molecular flexibility index (Phi) is 4.46. The van der Waals surface area contributed by atoms with Crippen LogP contribution in [0.3, 0.4) is 0 Å². The van der Waals surface area contributed by atoms with Crippen LogP contribution in [0.5, 0.6) is 0 Å². The Balaban J connectivity index is 1.74. The minimum absolute atomic E-state index is 0.0499. The van der Waals surface area contributed by atoms with Gasteiger partial charge in [0.2, 0.25) is 10.9 Å². The lowest BCUT2D eigenvalue weighted by Crippen LogP contribution is -2.23. The van der Waals surface area contributed by atoms with Gasteiger partial charge in [0, 0.05) is 25.9 Å². The third-order valence-electron chi connectivity index (χ3n) is 4.36. The van der Waals surface area contributed by atoms with Crippen LogP contribution in [0.15, 0.2) is 30.5 Å². The van der Waals surface area contributed by atoms with Crippen LogP contribution >= 0.6 is 34.8 Å². The number of imidazole rings is 2. The molecule has 138 valence electrons. The number of aryl methyl sites for hydroxylation is 2. The van der Waals surface area contributed by atoms with Crippen LogP contribution in [0.4, 0.5) is 0 Å². The van der Waals surface area contributed by atoms with Gasteiger partial charge in [-0.1, -0.05) is 47.5 Å². The normalized spacial score (nSPS) is 11.4. The van der Waals surface area contributed by atoms with E-state index in [0.717, 1.165) is 17.0 Å². The van der Waals surface area contributed by atoms with Gasteiger partial charge in [-0.05, 0) is 17.2 Å². The molecule has 0 saturated heterocycles. The fourth-order valence-corrected chi connectivity index (χ4v) is 3.77. The van der Waals surface area contributed by atoms with Crippen molar-refractivity contribution in [2.45, 2.75) is 6.54 Å². The minimum atomic E-state index is 0.0499. The lowest BCUT2D eigenvalue weighted by molar-refractivity contribution is 0.691. The zero-order chi connectivity index (χ0) is 19.3. The fourth-order valence-electron chi connectivity index (χ4n) is 3.04. The zero-order valence-corrected chi connectivity index (χ0v) is 16.7. The molecule has 0 saturated carbocycles. The highest BCUT2D eigenvalue weighted by Crippen LogP contribution is 2.23. The lowest BCUT2D eigenvalue weighted by atomic mass is 10.1. The van der Waals surface area contributed by atoms with E-state index in [0.29, 0.717) is 22.9 Å². The van der Waals surface area contributed by atoms with E-state index in [1.54, 1.807) is 22.4 Å². The second-order valence-corrected chi connectivity index (χ2v) is 7.20. The predicted octanol–water partition coefficient (Wildman–Crippen LogP) is 3.66. The third-order valence-corrected chi connectivity index (χ3v) is 4.97. The SMILES string of the molecule is Cn1cc(Cl)nc1-c1ccc(Cn2c(=N)n(C)c3c(Cl)nc(Cl)nc32)cc1. The van der Waals surface area contributed by atoms with E-state index in [2.05, 4.69) is 15.0 Å². The van der Waals surface area contributed by atoms with Gasteiger partial charge in [0.05, 0.1) is 6.54 Å². The molecule has 0 aliphatic carbocycles. The largest absolute Gasteiger partial charge is 0.332 e. The van der Waals surface area contributed by atoms with Crippen molar-refractivity contribution in [3.05, 3.63) is 57.2 Å². The van der Waals surface area contributed by atoms with Crippen molar-refractivity contribution in [2.24, 2.45) is 14.1 Å². The highest BCUT2D eigenvalue weighted by Gasteiger charge is 2.16. The molecule has 1 N–H and O–H groups in total. The minimum Gasteiger partial charge on any atom is -0.332 e. The van der Waals surface area contributed by atoms with Crippen LogP contribution in [0.1, 0.15) is 5.56 Å². The Morgan fingerprint density at radius 2 is 1.70 bits per heavy atom. The summed E-state index contributed by atoms with van der Waals surface area (Å²) in [4.78, 5) is 12.5. The van der Waals surface area contributed by atoms with Gasteiger partial charge in [0.25, 0.3) is 0 Å². The van der Waals surface area contributed by atoms with Crippen LogP contribution in [0.2, 0.25) is 15.6 Å². The van der Waals surface area contributed by atoms with Gasteiger partial charge in [0.15, 0.2) is 10.8 Å². The molecule has 0 atom stereocenters. The predicted molar refractivity (Wildman–Crippen MR) is 105 cm³/mol. The Morgan fingerprint density at radius 1 is 1.00 bits per heavy atom. The molecule has 0 unspecified atom stereocenters. The molecule has 0 radical (unpaired) electrons. The van der Waals surface area contributed by atoms with Gasteiger partial charge in [-0.15, -0.1) is 0 Å². The molecule has 0 aliphatic heterocycles. The van der Waals surface area contributed by atoms with Gasteiger partial charge < -0.3 is 9.13 Å². The molecule has 4 aromatic rings. The first-order chi connectivity index (χ1) is 12.8. The molecule has 27 heavy (non-hydrogen) atoms. The summed E-state index contributed by atoms with van der Waals surface area (Å²) < 4.78 is 5.25. The molecule has 3 heterocycles. The molecule has 4 rings (SSSR count). The highest BCUT2D eigenvalue weighted by atomic mass is 35.5. The molecule has 1 aromatic carbocycles. The average molecular weight is 423 g/mol. The van der Waals surface area contributed by atoms with Gasteiger partial charge in [-0.2, -0.15) is 4.98 Å². The summed E-state index contributed by atoms with van der Waals surface area (Å²) >= 11 is 18.1. The van der Waals surface area contributed by atoms with Crippen LogP contribution in [-0.4, -0.2) is 28.7 Å². The first kappa shape index (κ1) is 18.0. The van der Waals surface area contributed by atoms with Crippen molar-refractivity contribution >= 4 is 46.0 Å². The number of rotatable bonds is 3. The summed E-state index contributed by atoms with van der Waals surface area (Å²) in [7, 11) is 3.64. The maximum absolute atomic E-state index is 8.38. The first-order valence-electron chi connectivity index (χ1n) is 7.96. The summed E-state index contributed by atoms with van der Waals surface area (Å²) in [6.07, 6.45) is 1.76. The number of nitrogens with zero attached hydrogens (tertiary/aromatic N) is 6. The van der Waals surface area contributed by atoms with Crippen molar-refractivity contribution < 1.29 is 0 Å². The molecule has 0 bridgehead atoms. The summed E-state index contributed by atoms with van der Waals surface area (Å²) in [5.74, 6) is 0.789. The van der Waals surface area contributed by atoms with E-state index in [4.69, 9.17) is 40.2 Å². The molecule has 0 fully saturated rings. The summed E-state index contributed by atoms with van der Waals surface area (Å²) in [5, 5.41) is 9.10. The second-order valence-electron chi connectivity index (χ2n) is 6.12. The third kappa shape index (κ3) is 3.12. The number of fused-ring (bicyclic) bond motifs is 1. The summed E-state index contributed by atoms with van der Waals surface area (Å²) in [6, 6.07) is 7.90. The molecule has 3 aromatic heterocycles. The molecule has 0 aliphatic rings. The Bertz CT molecular complexity index is 1220. The Hall–Kier alpha value is -2.35. The lowest BCUT2D eigenvalue weighted by Gasteiger charge is -2.06. The van der Waals surface area contributed by atoms with Gasteiger partial charge >= 0.3 is 0 Å². The standard InChI is InChI=1S/C17H14Cl3N7/c1-25-8-11(18)22-14(25)10-5-3-9(4-6-10)7-27-15-12(26(2)17(27)21)13(19)23-16(20)24-15/h3-6,8,21H,7H2,1-2H3. The van der Waals surface area contributed by atoms with Crippen molar-refractivity contribution in [3.8, 4) is 11.4 Å². The number of hydrogen-bond acceptors (Lipinski definition) is 4. The molecule has 7 nitrogen and oxygen atoms in total. The maximum atomic E-state index is 8.38. The molecule has 0 amide bonds. The van der Waals surface area contributed by atoms with Crippen LogP contribution in [0.25, 0.3) is 22.6 Å². The molecule has 0 spiro atoms. The zero-order valence-electron chi connectivity index (χ0n) is 14.4. The van der Waals surface area contributed by atoms with Crippen molar-refractivity contribution in [1.82, 2.24) is 28.7 Å². The summed E-state index contributed by atoms with van der Waals surface area (Å²) in [6.45, 7) is 0.446. The van der Waals surface area contributed by atoms with E-state index >= 15 is 0 Å². The van der Waals surface area contributed by atoms with Crippen molar-refractivity contribution in [3.63, 3.8) is 0 Å². The monoisotopic (exact) mass is 421 g/mol. The quantitative estimate of drug-likeness (QED) is 0.404. The van der Waals surface area contributed by atoms with Crippen LogP contribution in [-0.2, 0) is 20.6 Å². The van der Waals surface area contributed by atoms with Gasteiger partial charge in [0.1, 0.15) is 16.5 Å². The number of benzene rings is 1. The van der Waals surface area contributed by atoms with Crippen molar-refractivity contribution in [1.29, 1.82) is 5.41 Å².